The molecule has 0 amide bonds. The van der Waals surface area contributed by atoms with Gasteiger partial charge in [0.15, 0.2) is 0 Å². The molecular weight excluding hydrogens is 429 g/mol. The van der Waals surface area contributed by atoms with Gasteiger partial charge in [0, 0.05) is 28.3 Å². The summed E-state index contributed by atoms with van der Waals surface area (Å²) in [6.45, 7) is 0. The maximum Gasteiger partial charge on any atom is 0.411 e. The Morgan fingerprint density at radius 2 is 1.77 bits per heavy atom. The molecule has 3 aromatic carbocycles. The molecule has 5 aromatic rings. The zero-order valence-electron chi connectivity index (χ0n) is 17.0. The summed E-state index contributed by atoms with van der Waals surface area (Å²) in [6, 6.07) is 23.0. The highest BCUT2D eigenvalue weighted by Crippen LogP contribution is 2.49. The van der Waals surface area contributed by atoms with Crippen LogP contribution in [-0.4, -0.2) is 28.5 Å². The van der Waals surface area contributed by atoms with E-state index in [4.69, 9.17) is 9.05 Å². The second kappa shape index (κ2) is 7.93. The van der Waals surface area contributed by atoms with Crippen LogP contribution in [0.2, 0.25) is 0 Å². The van der Waals surface area contributed by atoms with Gasteiger partial charge in [-0.25, -0.2) is 4.57 Å². The van der Waals surface area contributed by atoms with Crippen molar-refractivity contribution in [2.24, 2.45) is 0 Å². The van der Waals surface area contributed by atoms with Crippen LogP contribution in [0.25, 0.3) is 33.2 Å². The van der Waals surface area contributed by atoms with E-state index < -0.39 is 7.60 Å². The zero-order chi connectivity index (χ0) is 21.4. The molecule has 156 valence electrons. The highest BCUT2D eigenvalue weighted by atomic mass is 32.2. The van der Waals surface area contributed by atoms with Crippen molar-refractivity contribution < 1.29 is 13.6 Å². The first-order chi connectivity index (χ1) is 15.1. The Kier molecular flexibility index (Phi) is 5.10. The van der Waals surface area contributed by atoms with Crippen LogP contribution >= 0.6 is 19.4 Å². The number of thioether (sulfide) groups is 1. The van der Waals surface area contributed by atoms with Crippen molar-refractivity contribution in [3.05, 3.63) is 72.8 Å². The summed E-state index contributed by atoms with van der Waals surface area (Å²) in [5.74, 6) is 0.451. The molecule has 0 saturated heterocycles. The van der Waals surface area contributed by atoms with E-state index in [1.54, 1.807) is 12.1 Å². The van der Waals surface area contributed by atoms with Crippen LogP contribution in [-0.2, 0) is 9.09 Å². The molecule has 2 aromatic heterocycles. The predicted molar refractivity (Wildman–Crippen MR) is 126 cm³/mol. The molecule has 0 spiro atoms. The van der Waals surface area contributed by atoms with Gasteiger partial charge in [-0.15, -0.1) is 11.8 Å². The van der Waals surface area contributed by atoms with Crippen LogP contribution in [0.5, 0.6) is 5.75 Å². The third-order valence-corrected chi connectivity index (χ3v) is 8.02. The van der Waals surface area contributed by atoms with Gasteiger partial charge < -0.3 is 9.51 Å². The minimum absolute atomic E-state index is 0.451. The number of nitrogens with one attached hydrogen (secondary N) is 2. The van der Waals surface area contributed by atoms with E-state index >= 15 is 0 Å². The second-order valence-corrected chi connectivity index (χ2v) is 9.87. The van der Waals surface area contributed by atoms with E-state index in [0.29, 0.717) is 11.1 Å². The van der Waals surface area contributed by atoms with Crippen LogP contribution < -0.4 is 9.83 Å². The third-order valence-electron chi connectivity index (χ3n) is 5.17. The normalized spacial score (nSPS) is 13.5. The Balaban J connectivity index is 1.56. The van der Waals surface area contributed by atoms with Gasteiger partial charge in [-0.1, -0.05) is 30.3 Å². The molecule has 6 nitrogen and oxygen atoms in total. The topological polar surface area (TPSA) is 80.0 Å². The Hall–Kier alpha value is -2.99. The molecule has 0 radical (unpaired) electrons. The van der Waals surface area contributed by atoms with Gasteiger partial charge >= 0.3 is 7.60 Å². The van der Waals surface area contributed by atoms with Gasteiger partial charge in [-0.05, 0) is 48.7 Å². The zero-order valence-corrected chi connectivity index (χ0v) is 18.7. The second-order valence-electron chi connectivity index (χ2n) is 6.99. The maximum atomic E-state index is 13.6. The van der Waals surface area contributed by atoms with Crippen LogP contribution in [0.1, 0.15) is 0 Å². The van der Waals surface area contributed by atoms with E-state index in [0.717, 1.165) is 38.1 Å². The van der Waals surface area contributed by atoms with E-state index in [1.807, 2.05) is 54.8 Å². The number of aromatic nitrogens is 3. The molecule has 2 N–H and O–H groups in total. The fourth-order valence-electron chi connectivity index (χ4n) is 3.64. The average Bonchev–Trinajstić information content (AvgIpc) is 3.42. The first-order valence-corrected chi connectivity index (χ1v) is 12.4. The molecule has 1 unspecified atom stereocenters. The monoisotopic (exact) mass is 449 g/mol. The molecule has 31 heavy (non-hydrogen) atoms. The van der Waals surface area contributed by atoms with Gasteiger partial charge in [-0.3, -0.25) is 9.62 Å². The van der Waals surface area contributed by atoms with Gasteiger partial charge in [0.25, 0.3) is 0 Å². The largest absolute Gasteiger partial charge is 0.421 e. The molecule has 0 saturated carbocycles. The lowest BCUT2D eigenvalue weighted by atomic mass is 10.1. The molecule has 0 aliphatic heterocycles. The number of fused-ring (bicyclic) bond motifs is 2. The molecule has 1 atom stereocenters. The van der Waals surface area contributed by atoms with Gasteiger partial charge in [-0.2, -0.15) is 5.10 Å². The van der Waals surface area contributed by atoms with Gasteiger partial charge in [0.1, 0.15) is 11.4 Å². The highest BCUT2D eigenvalue weighted by molar-refractivity contribution is 7.99. The summed E-state index contributed by atoms with van der Waals surface area (Å²) in [7, 11) is -2.15. The summed E-state index contributed by atoms with van der Waals surface area (Å²) < 4.78 is 25.0. The van der Waals surface area contributed by atoms with Gasteiger partial charge in [0.05, 0.1) is 16.5 Å². The molecule has 2 heterocycles. The number of H-pyrrole nitrogens is 2. The first-order valence-electron chi connectivity index (χ1n) is 9.66. The number of aromatic amines is 2. The van der Waals surface area contributed by atoms with E-state index in [1.165, 1.54) is 18.9 Å². The first kappa shape index (κ1) is 19.9. The van der Waals surface area contributed by atoms with Gasteiger partial charge in [0.2, 0.25) is 0 Å². The van der Waals surface area contributed by atoms with Crippen molar-refractivity contribution in [1.82, 2.24) is 15.2 Å². The SMILES string of the molecule is COP(=O)(Oc1ccc2[nH]nc(-c3cc4ccccc4[nH]3)c2c1)c1ccccc1SC. The van der Waals surface area contributed by atoms with E-state index in [9.17, 15) is 4.57 Å². The van der Waals surface area contributed by atoms with Crippen molar-refractivity contribution in [1.29, 1.82) is 0 Å². The van der Waals surface area contributed by atoms with Crippen LogP contribution in [0.3, 0.4) is 0 Å². The smallest absolute Gasteiger partial charge is 0.411 e. The molecule has 5 rings (SSSR count). The van der Waals surface area contributed by atoms with Crippen molar-refractivity contribution in [3.63, 3.8) is 0 Å². The number of benzene rings is 3. The van der Waals surface area contributed by atoms with Crippen molar-refractivity contribution in [3.8, 4) is 17.1 Å². The number of hydrogen-bond donors (Lipinski definition) is 2. The van der Waals surface area contributed by atoms with Crippen molar-refractivity contribution >= 4 is 46.5 Å². The molecular formula is C23H20N3O3PS. The molecule has 8 heteroatoms. The van der Waals surface area contributed by atoms with E-state index in [2.05, 4.69) is 27.3 Å². The van der Waals surface area contributed by atoms with Crippen molar-refractivity contribution in [2.75, 3.05) is 13.4 Å². The summed E-state index contributed by atoms with van der Waals surface area (Å²) >= 11 is 1.50. The summed E-state index contributed by atoms with van der Waals surface area (Å²) in [5, 5.41) is 10.1. The predicted octanol–water partition coefficient (Wildman–Crippen LogP) is 5.98. The fourth-order valence-corrected chi connectivity index (χ4v) is 6.11. The number of hydrogen-bond acceptors (Lipinski definition) is 5. The van der Waals surface area contributed by atoms with Crippen LogP contribution in [0.15, 0.2) is 77.7 Å². The Bertz CT molecular complexity index is 1410. The lowest BCUT2D eigenvalue weighted by molar-refractivity contribution is 0.333. The maximum absolute atomic E-state index is 13.6. The fraction of sp³-hybridized carbons (Fsp3) is 0.0870. The Morgan fingerprint density at radius 1 is 0.968 bits per heavy atom. The minimum atomic E-state index is -3.56. The molecule has 0 bridgehead atoms. The molecule has 0 fully saturated rings. The number of nitrogens with zero attached hydrogens (tertiary/aromatic N) is 1. The van der Waals surface area contributed by atoms with E-state index in [-0.39, 0.29) is 0 Å². The summed E-state index contributed by atoms with van der Waals surface area (Å²) in [4.78, 5) is 4.26. The lowest BCUT2D eigenvalue weighted by Gasteiger charge is -2.19. The highest BCUT2D eigenvalue weighted by Gasteiger charge is 2.30. The van der Waals surface area contributed by atoms with Crippen LogP contribution in [0, 0.1) is 0 Å². The standard InChI is InChI=1S/C23H20N3O3PS/c1-28-30(27,21-9-5-6-10-22(21)31-2)29-16-11-12-19-17(14-16)23(26-25-19)20-13-15-7-3-4-8-18(15)24-20/h3-14,24H,1-2H3,(H,25,26). The molecule has 0 aliphatic carbocycles. The number of rotatable bonds is 6. The quantitative estimate of drug-likeness (QED) is 0.246. The molecule has 0 aliphatic rings. The third kappa shape index (κ3) is 3.55. The lowest BCUT2D eigenvalue weighted by Crippen LogP contribution is -2.13. The number of para-hydroxylation sites is 1. The summed E-state index contributed by atoms with van der Waals surface area (Å²) in [6.07, 6.45) is 1.93. The summed E-state index contributed by atoms with van der Waals surface area (Å²) in [5.41, 5.74) is 3.57. The Labute approximate surface area is 183 Å². The minimum Gasteiger partial charge on any atom is -0.421 e. The van der Waals surface area contributed by atoms with Crippen LogP contribution in [0.4, 0.5) is 0 Å². The van der Waals surface area contributed by atoms with Crippen molar-refractivity contribution in [2.45, 2.75) is 4.90 Å². The average molecular weight is 449 g/mol. The Morgan fingerprint density at radius 3 is 2.58 bits per heavy atom.